The first-order valence-electron chi connectivity index (χ1n) is 9.52. The van der Waals surface area contributed by atoms with Crippen LogP contribution in [0.4, 0.5) is 5.69 Å². The lowest BCUT2D eigenvalue weighted by atomic mass is 10.1. The third-order valence-corrected chi connectivity index (χ3v) is 4.89. The van der Waals surface area contributed by atoms with Crippen LogP contribution in [0.15, 0.2) is 54.6 Å². The molecule has 0 spiro atoms. The topological polar surface area (TPSA) is 71.8 Å². The van der Waals surface area contributed by atoms with Gasteiger partial charge in [-0.25, -0.2) is 0 Å². The molecule has 1 aromatic heterocycles. The molecule has 0 aliphatic heterocycles. The first-order valence-corrected chi connectivity index (χ1v) is 9.92. The van der Waals surface area contributed by atoms with E-state index in [1.54, 1.807) is 4.80 Å². The largest absolute Gasteiger partial charge is 0.332 e. The van der Waals surface area contributed by atoms with Gasteiger partial charge in [0, 0.05) is 17.5 Å². The number of carbonyl (C=O) groups is 1. The number of carbonyl (C=O) groups excluding carboxylic acids is 1. The fourth-order valence-corrected chi connectivity index (χ4v) is 3.49. The summed E-state index contributed by atoms with van der Waals surface area (Å²) in [5.41, 5.74) is 4.23. The van der Waals surface area contributed by atoms with Gasteiger partial charge in [-0.2, -0.15) is 0 Å². The predicted octanol–water partition coefficient (Wildman–Crippen LogP) is 4.50. The number of rotatable bonds is 4. The lowest BCUT2D eigenvalue weighted by Gasteiger charge is -2.11. The Labute approximate surface area is 173 Å². The molecule has 0 saturated carbocycles. The summed E-state index contributed by atoms with van der Waals surface area (Å²) in [5, 5.41) is 17.6. The Morgan fingerprint density at radius 1 is 1.07 bits per heavy atom. The van der Waals surface area contributed by atoms with Crippen molar-refractivity contribution in [1.82, 2.24) is 20.3 Å². The summed E-state index contributed by atoms with van der Waals surface area (Å²) in [6.07, 6.45) is 1.22. The van der Waals surface area contributed by atoms with Crippen LogP contribution < -0.4 is 10.6 Å². The fourth-order valence-electron chi connectivity index (χ4n) is 3.26. The summed E-state index contributed by atoms with van der Waals surface area (Å²) in [7, 11) is 0. The van der Waals surface area contributed by atoms with Crippen LogP contribution in [-0.2, 0) is 4.79 Å². The van der Waals surface area contributed by atoms with Gasteiger partial charge in [-0.1, -0.05) is 43.3 Å². The van der Waals surface area contributed by atoms with Crippen LogP contribution in [0.1, 0.15) is 25.3 Å². The van der Waals surface area contributed by atoms with E-state index in [2.05, 4.69) is 39.0 Å². The molecule has 0 unspecified atom stereocenters. The molecule has 2 N–H and O–H groups in total. The number of fused-ring (bicyclic) bond motifs is 2. The van der Waals surface area contributed by atoms with Crippen molar-refractivity contribution in [3.05, 3.63) is 60.2 Å². The maximum Gasteiger partial charge on any atom is 0.226 e. The van der Waals surface area contributed by atoms with E-state index in [-0.39, 0.29) is 11.0 Å². The number of hydrogen-bond acceptors (Lipinski definition) is 4. The lowest BCUT2D eigenvalue weighted by molar-refractivity contribution is -0.119. The van der Waals surface area contributed by atoms with Gasteiger partial charge in [0.05, 0.1) is 5.69 Å². The van der Waals surface area contributed by atoms with Crippen LogP contribution in [0.5, 0.6) is 0 Å². The Hall–Kier alpha value is -3.32. The standard InChI is InChI=1S/C22H21N5OS/c1-3-7-21(28)24-22(29)23-17-13-19-18(12-14(17)2)25-27(26-19)20-11-6-9-15-8-4-5-10-16(15)20/h4-6,8-13H,3,7H2,1-2H3,(H2,23,24,28,29). The van der Waals surface area contributed by atoms with Crippen molar-refractivity contribution in [1.29, 1.82) is 0 Å². The predicted molar refractivity (Wildman–Crippen MR) is 120 cm³/mol. The monoisotopic (exact) mass is 403 g/mol. The molecular formula is C22H21N5OS. The number of aryl methyl sites for hydroxylation is 1. The summed E-state index contributed by atoms with van der Waals surface area (Å²) in [6, 6.07) is 18.1. The first-order chi connectivity index (χ1) is 14.0. The Morgan fingerprint density at radius 3 is 2.59 bits per heavy atom. The van der Waals surface area contributed by atoms with Crippen molar-refractivity contribution in [3.8, 4) is 5.69 Å². The molecule has 0 fully saturated rings. The third kappa shape index (κ3) is 3.95. The molecule has 1 amide bonds. The highest BCUT2D eigenvalue weighted by Gasteiger charge is 2.12. The van der Waals surface area contributed by atoms with Gasteiger partial charge < -0.3 is 10.6 Å². The number of anilines is 1. The molecule has 7 heteroatoms. The zero-order valence-electron chi connectivity index (χ0n) is 16.3. The average Bonchev–Trinajstić information content (AvgIpc) is 3.10. The molecule has 29 heavy (non-hydrogen) atoms. The van der Waals surface area contributed by atoms with Gasteiger partial charge in [0.15, 0.2) is 5.11 Å². The second-order valence-electron chi connectivity index (χ2n) is 6.90. The number of hydrogen-bond donors (Lipinski definition) is 2. The minimum atomic E-state index is -0.0920. The van der Waals surface area contributed by atoms with Crippen molar-refractivity contribution in [2.45, 2.75) is 26.7 Å². The number of benzene rings is 3. The minimum absolute atomic E-state index is 0.0920. The summed E-state index contributed by atoms with van der Waals surface area (Å²) >= 11 is 5.26. The summed E-state index contributed by atoms with van der Waals surface area (Å²) in [4.78, 5) is 13.4. The maximum absolute atomic E-state index is 11.7. The van der Waals surface area contributed by atoms with Gasteiger partial charge in [0.2, 0.25) is 5.91 Å². The molecule has 0 bridgehead atoms. The Bertz CT molecular complexity index is 1230. The summed E-state index contributed by atoms with van der Waals surface area (Å²) in [6.45, 7) is 3.92. The number of nitrogens with zero attached hydrogens (tertiary/aromatic N) is 3. The van der Waals surface area contributed by atoms with Crippen molar-refractivity contribution >= 4 is 50.7 Å². The van der Waals surface area contributed by atoms with Crippen molar-refractivity contribution < 1.29 is 4.79 Å². The lowest BCUT2D eigenvalue weighted by Crippen LogP contribution is -2.34. The van der Waals surface area contributed by atoms with Crippen LogP contribution in [0, 0.1) is 6.92 Å². The van der Waals surface area contributed by atoms with E-state index in [1.807, 2.05) is 50.2 Å². The molecule has 146 valence electrons. The van der Waals surface area contributed by atoms with Crippen molar-refractivity contribution in [3.63, 3.8) is 0 Å². The van der Waals surface area contributed by atoms with Gasteiger partial charge >= 0.3 is 0 Å². The molecule has 0 aliphatic rings. The molecular weight excluding hydrogens is 382 g/mol. The molecule has 0 atom stereocenters. The fraction of sp³-hybridized carbons (Fsp3) is 0.182. The second kappa shape index (κ2) is 7.97. The number of thiocarbonyl (C=S) groups is 1. The van der Waals surface area contributed by atoms with E-state index < -0.39 is 0 Å². The third-order valence-electron chi connectivity index (χ3n) is 4.69. The number of aromatic nitrogens is 3. The number of nitrogens with one attached hydrogen (secondary N) is 2. The van der Waals surface area contributed by atoms with Crippen LogP contribution in [0.3, 0.4) is 0 Å². The Balaban J connectivity index is 1.67. The molecule has 0 radical (unpaired) electrons. The van der Waals surface area contributed by atoms with Gasteiger partial charge in [-0.3, -0.25) is 4.79 Å². The SMILES string of the molecule is CCCC(=O)NC(=S)Nc1cc2nn(-c3cccc4ccccc34)nc2cc1C. The zero-order chi connectivity index (χ0) is 20.4. The van der Waals surface area contributed by atoms with Crippen molar-refractivity contribution in [2.24, 2.45) is 0 Å². The van der Waals surface area contributed by atoms with Gasteiger partial charge in [0.1, 0.15) is 11.0 Å². The molecule has 3 aromatic carbocycles. The van der Waals surface area contributed by atoms with Crippen LogP contribution in [-0.4, -0.2) is 26.0 Å². The smallest absolute Gasteiger partial charge is 0.226 e. The van der Waals surface area contributed by atoms with Gasteiger partial charge in [0.25, 0.3) is 0 Å². The van der Waals surface area contributed by atoms with Crippen LogP contribution in [0.2, 0.25) is 0 Å². The van der Waals surface area contributed by atoms with Gasteiger partial charge in [-0.15, -0.1) is 15.0 Å². The maximum atomic E-state index is 11.7. The average molecular weight is 404 g/mol. The van der Waals surface area contributed by atoms with Crippen LogP contribution in [0.25, 0.3) is 27.5 Å². The molecule has 4 rings (SSSR count). The van der Waals surface area contributed by atoms with Crippen LogP contribution >= 0.6 is 12.2 Å². The Kier molecular flexibility index (Phi) is 5.22. The van der Waals surface area contributed by atoms with E-state index in [9.17, 15) is 4.79 Å². The van der Waals surface area contributed by atoms with E-state index in [0.717, 1.165) is 45.2 Å². The van der Waals surface area contributed by atoms with E-state index in [4.69, 9.17) is 12.2 Å². The Morgan fingerprint density at radius 2 is 1.79 bits per heavy atom. The highest BCUT2D eigenvalue weighted by molar-refractivity contribution is 7.80. The van der Waals surface area contributed by atoms with E-state index in [0.29, 0.717) is 6.42 Å². The molecule has 4 aromatic rings. The number of amides is 1. The second-order valence-corrected chi connectivity index (χ2v) is 7.30. The highest BCUT2D eigenvalue weighted by Crippen LogP contribution is 2.25. The molecule has 0 aliphatic carbocycles. The van der Waals surface area contributed by atoms with E-state index in [1.165, 1.54) is 0 Å². The zero-order valence-corrected chi connectivity index (χ0v) is 17.1. The highest BCUT2D eigenvalue weighted by atomic mass is 32.1. The molecule has 1 heterocycles. The normalized spacial score (nSPS) is 11.0. The van der Waals surface area contributed by atoms with E-state index >= 15 is 0 Å². The quantitative estimate of drug-likeness (QED) is 0.491. The molecule has 0 saturated heterocycles. The van der Waals surface area contributed by atoms with Gasteiger partial charge in [-0.05, 0) is 54.7 Å². The van der Waals surface area contributed by atoms with Crippen molar-refractivity contribution in [2.75, 3.05) is 5.32 Å². The summed E-state index contributed by atoms with van der Waals surface area (Å²) in [5.74, 6) is -0.0920. The molecule has 6 nitrogen and oxygen atoms in total. The first kappa shape index (κ1) is 19.0. The summed E-state index contributed by atoms with van der Waals surface area (Å²) < 4.78 is 0. The minimum Gasteiger partial charge on any atom is -0.332 e.